The highest BCUT2D eigenvalue weighted by molar-refractivity contribution is 4.94. The Morgan fingerprint density at radius 3 is 2.69 bits per heavy atom. The third-order valence-electron chi connectivity index (χ3n) is 4.82. The topological polar surface area (TPSA) is 38.5 Å². The van der Waals surface area contributed by atoms with Crippen LogP contribution >= 0.6 is 0 Å². The molecule has 2 saturated heterocycles. The number of ether oxygens (including phenoxy) is 1. The fraction of sp³-hybridized carbons (Fsp3) is 1.00. The molecule has 0 saturated carbocycles. The molecule has 94 valence electrons. The molecule has 2 aliphatic heterocycles. The van der Waals surface area contributed by atoms with Gasteiger partial charge in [0.25, 0.3) is 0 Å². The van der Waals surface area contributed by atoms with Crippen molar-refractivity contribution in [1.29, 1.82) is 0 Å². The van der Waals surface area contributed by atoms with Crippen LogP contribution in [0.3, 0.4) is 0 Å². The smallest absolute Gasteiger partial charge is 0.0636 e. The molecule has 2 atom stereocenters. The number of rotatable bonds is 3. The predicted octanol–water partition coefficient (Wildman–Crippen LogP) is 1.61. The molecule has 2 heterocycles. The summed E-state index contributed by atoms with van der Waals surface area (Å²) >= 11 is 0. The molecule has 2 N–H and O–H groups in total. The van der Waals surface area contributed by atoms with Gasteiger partial charge in [-0.3, -0.25) is 4.90 Å². The Hall–Kier alpha value is -0.120. The van der Waals surface area contributed by atoms with Crippen molar-refractivity contribution in [3.63, 3.8) is 0 Å². The van der Waals surface area contributed by atoms with Crippen LogP contribution in [0.25, 0.3) is 0 Å². The summed E-state index contributed by atoms with van der Waals surface area (Å²) in [6.07, 6.45) is 4.95. The molecule has 16 heavy (non-hydrogen) atoms. The molecule has 0 aromatic rings. The van der Waals surface area contributed by atoms with E-state index in [1.165, 1.54) is 32.4 Å². The summed E-state index contributed by atoms with van der Waals surface area (Å²) in [5.74, 6) is 0. The molecule has 2 aliphatic rings. The van der Waals surface area contributed by atoms with Gasteiger partial charge in [0.2, 0.25) is 0 Å². The van der Waals surface area contributed by atoms with E-state index in [0.717, 1.165) is 19.6 Å². The van der Waals surface area contributed by atoms with Gasteiger partial charge in [-0.1, -0.05) is 13.8 Å². The van der Waals surface area contributed by atoms with Crippen LogP contribution < -0.4 is 5.73 Å². The Kier molecular flexibility index (Phi) is 3.88. The third-order valence-corrected chi connectivity index (χ3v) is 4.82. The van der Waals surface area contributed by atoms with Gasteiger partial charge < -0.3 is 10.5 Å². The summed E-state index contributed by atoms with van der Waals surface area (Å²) in [7, 11) is 0. The van der Waals surface area contributed by atoms with Crippen molar-refractivity contribution in [3.05, 3.63) is 0 Å². The summed E-state index contributed by atoms with van der Waals surface area (Å²) in [5.41, 5.74) is 6.76. The SMILES string of the molecule is CCC1(CC)CCN(C2COCCC2N)C1. The van der Waals surface area contributed by atoms with Gasteiger partial charge in [-0.05, 0) is 37.6 Å². The third kappa shape index (κ3) is 2.27. The first-order valence-electron chi connectivity index (χ1n) is 6.78. The van der Waals surface area contributed by atoms with Crippen molar-refractivity contribution in [3.8, 4) is 0 Å². The highest BCUT2D eigenvalue weighted by atomic mass is 16.5. The molecule has 2 fully saturated rings. The maximum Gasteiger partial charge on any atom is 0.0636 e. The lowest BCUT2D eigenvalue weighted by molar-refractivity contribution is 0.0100. The summed E-state index contributed by atoms with van der Waals surface area (Å²) in [5, 5.41) is 0. The number of nitrogens with two attached hydrogens (primary N) is 1. The number of nitrogens with zero attached hydrogens (tertiary/aromatic N) is 1. The van der Waals surface area contributed by atoms with E-state index in [-0.39, 0.29) is 0 Å². The van der Waals surface area contributed by atoms with E-state index in [2.05, 4.69) is 18.7 Å². The van der Waals surface area contributed by atoms with Crippen molar-refractivity contribution in [2.75, 3.05) is 26.3 Å². The average molecular weight is 226 g/mol. The summed E-state index contributed by atoms with van der Waals surface area (Å²) in [4.78, 5) is 2.58. The lowest BCUT2D eigenvalue weighted by atomic mass is 9.82. The molecule has 0 aromatic carbocycles. The highest BCUT2D eigenvalue weighted by Gasteiger charge is 2.40. The van der Waals surface area contributed by atoms with Crippen LogP contribution in [0.4, 0.5) is 0 Å². The second-order valence-electron chi connectivity index (χ2n) is 5.52. The highest BCUT2D eigenvalue weighted by Crippen LogP contribution is 2.38. The van der Waals surface area contributed by atoms with E-state index in [1.807, 2.05) is 0 Å². The van der Waals surface area contributed by atoms with E-state index in [0.29, 0.717) is 17.5 Å². The minimum absolute atomic E-state index is 0.318. The molecule has 2 unspecified atom stereocenters. The van der Waals surface area contributed by atoms with Gasteiger partial charge in [-0.2, -0.15) is 0 Å². The van der Waals surface area contributed by atoms with Gasteiger partial charge >= 0.3 is 0 Å². The summed E-state index contributed by atoms with van der Waals surface area (Å²) in [6, 6.07) is 0.784. The zero-order valence-corrected chi connectivity index (χ0v) is 10.7. The van der Waals surface area contributed by atoms with Crippen LogP contribution in [-0.4, -0.2) is 43.3 Å². The van der Waals surface area contributed by atoms with Crippen LogP contribution in [-0.2, 0) is 4.74 Å². The Balaban J connectivity index is 1.96. The van der Waals surface area contributed by atoms with Gasteiger partial charge in [0.1, 0.15) is 0 Å². The first-order chi connectivity index (χ1) is 7.71. The number of hydrogen-bond donors (Lipinski definition) is 1. The fourth-order valence-corrected chi connectivity index (χ4v) is 3.20. The molecule has 0 spiro atoms. The second kappa shape index (κ2) is 5.03. The lowest BCUT2D eigenvalue weighted by Gasteiger charge is -2.37. The van der Waals surface area contributed by atoms with Gasteiger partial charge in [-0.25, -0.2) is 0 Å². The van der Waals surface area contributed by atoms with Crippen LogP contribution in [0.2, 0.25) is 0 Å². The minimum atomic E-state index is 0.318. The van der Waals surface area contributed by atoms with Crippen molar-refractivity contribution in [1.82, 2.24) is 4.90 Å². The first-order valence-corrected chi connectivity index (χ1v) is 6.78. The average Bonchev–Trinajstić information content (AvgIpc) is 2.75. The van der Waals surface area contributed by atoms with Gasteiger partial charge in [0.15, 0.2) is 0 Å². The molecule has 3 heteroatoms. The zero-order valence-electron chi connectivity index (χ0n) is 10.7. The molecule has 0 amide bonds. The fourth-order valence-electron chi connectivity index (χ4n) is 3.20. The molecule has 2 rings (SSSR count). The van der Waals surface area contributed by atoms with Crippen LogP contribution in [0.15, 0.2) is 0 Å². The van der Waals surface area contributed by atoms with Gasteiger partial charge in [-0.15, -0.1) is 0 Å². The summed E-state index contributed by atoms with van der Waals surface area (Å²) in [6.45, 7) is 8.77. The largest absolute Gasteiger partial charge is 0.380 e. The summed E-state index contributed by atoms with van der Waals surface area (Å²) < 4.78 is 5.58. The van der Waals surface area contributed by atoms with Crippen molar-refractivity contribution in [2.24, 2.45) is 11.1 Å². The maximum atomic E-state index is 6.21. The molecular weight excluding hydrogens is 200 g/mol. The molecule has 0 bridgehead atoms. The molecule has 0 aliphatic carbocycles. The molecule has 3 nitrogen and oxygen atoms in total. The second-order valence-corrected chi connectivity index (χ2v) is 5.52. The van der Waals surface area contributed by atoms with Crippen LogP contribution in [0, 0.1) is 5.41 Å². The van der Waals surface area contributed by atoms with Gasteiger partial charge in [0, 0.05) is 25.2 Å². The number of likely N-dealkylation sites (tertiary alicyclic amines) is 1. The van der Waals surface area contributed by atoms with Crippen LogP contribution in [0.5, 0.6) is 0 Å². The van der Waals surface area contributed by atoms with Gasteiger partial charge in [0.05, 0.1) is 6.61 Å². The van der Waals surface area contributed by atoms with E-state index in [1.54, 1.807) is 0 Å². The minimum Gasteiger partial charge on any atom is -0.380 e. The monoisotopic (exact) mass is 226 g/mol. The standard InChI is InChI=1S/C13H26N2O/c1-3-13(4-2)6-7-15(10-13)12-9-16-8-5-11(12)14/h11-12H,3-10,14H2,1-2H3. The Labute approximate surface area is 99.3 Å². The van der Waals surface area contributed by atoms with Crippen molar-refractivity contribution in [2.45, 2.75) is 51.6 Å². The lowest BCUT2D eigenvalue weighted by Crippen LogP contribution is -2.53. The Morgan fingerprint density at radius 1 is 1.38 bits per heavy atom. The van der Waals surface area contributed by atoms with Crippen molar-refractivity contribution < 1.29 is 4.74 Å². The zero-order chi connectivity index (χ0) is 11.6. The van der Waals surface area contributed by atoms with E-state index in [9.17, 15) is 0 Å². The number of hydrogen-bond acceptors (Lipinski definition) is 3. The molecule has 0 aromatic heterocycles. The Morgan fingerprint density at radius 2 is 2.12 bits per heavy atom. The van der Waals surface area contributed by atoms with E-state index >= 15 is 0 Å². The molecular formula is C13H26N2O. The van der Waals surface area contributed by atoms with Crippen molar-refractivity contribution >= 4 is 0 Å². The Bertz CT molecular complexity index is 228. The maximum absolute atomic E-state index is 6.21. The van der Waals surface area contributed by atoms with E-state index < -0.39 is 0 Å². The first kappa shape index (κ1) is 12.3. The molecule has 0 radical (unpaired) electrons. The van der Waals surface area contributed by atoms with Crippen LogP contribution in [0.1, 0.15) is 39.5 Å². The van der Waals surface area contributed by atoms with E-state index in [4.69, 9.17) is 10.5 Å². The normalized spacial score (nSPS) is 35.4. The quantitative estimate of drug-likeness (QED) is 0.794. The predicted molar refractivity (Wildman–Crippen MR) is 66.4 cm³/mol.